The van der Waals surface area contributed by atoms with Crippen molar-refractivity contribution in [3.8, 4) is 11.3 Å². The lowest BCUT2D eigenvalue weighted by Gasteiger charge is -1.97. The molecule has 0 amide bonds. The summed E-state index contributed by atoms with van der Waals surface area (Å²) in [6.45, 7) is 0. The molecule has 0 spiro atoms. The zero-order chi connectivity index (χ0) is 16.1. The molecule has 0 radical (unpaired) electrons. The second kappa shape index (κ2) is 7.07. The summed E-state index contributed by atoms with van der Waals surface area (Å²) >= 11 is 3.41. The first-order chi connectivity index (χ1) is 11.2. The lowest BCUT2D eigenvalue weighted by molar-refractivity contribution is 0.575. The van der Waals surface area contributed by atoms with Crippen LogP contribution in [0.25, 0.3) is 11.3 Å². The van der Waals surface area contributed by atoms with Crippen LogP contribution < -0.4 is 5.73 Å². The average molecular weight is 368 g/mol. The maximum absolute atomic E-state index is 5.87. The highest BCUT2D eigenvalue weighted by molar-refractivity contribution is 9.10. The molecule has 0 saturated carbocycles. The molecule has 5 heteroatoms. The van der Waals surface area contributed by atoms with Crippen LogP contribution in [0.4, 0.5) is 0 Å². The summed E-state index contributed by atoms with van der Waals surface area (Å²) in [7, 11) is 0. The molecule has 2 aromatic carbocycles. The van der Waals surface area contributed by atoms with Crippen LogP contribution >= 0.6 is 15.9 Å². The SMILES string of the molecule is N/C(=N\N=C\c1ccc(-c2ccc(Br)cc2)o1)c1ccccc1. The van der Waals surface area contributed by atoms with E-state index in [1.54, 1.807) is 0 Å². The maximum Gasteiger partial charge on any atom is 0.153 e. The molecule has 0 saturated heterocycles. The molecule has 0 fully saturated rings. The van der Waals surface area contributed by atoms with Gasteiger partial charge >= 0.3 is 0 Å². The minimum atomic E-state index is 0.363. The van der Waals surface area contributed by atoms with E-state index in [4.69, 9.17) is 10.2 Å². The van der Waals surface area contributed by atoms with Crippen LogP contribution in [0, 0.1) is 0 Å². The molecule has 23 heavy (non-hydrogen) atoms. The van der Waals surface area contributed by atoms with Gasteiger partial charge in [0.15, 0.2) is 5.84 Å². The predicted octanol–water partition coefficient (Wildman–Crippen LogP) is 4.45. The number of furan rings is 1. The molecule has 2 N–H and O–H groups in total. The van der Waals surface area contributed by atoms with Gasteiger partial charge in [-0.15, -0.1) is 5.10 Å². The minimum Gasteiger partial charge on any atom is -0.455 e. The molecule has 3 aromatic rings. The van der Waals surface area contributed by atoms with Crippen molar-refractivity contribution in [1.82, 2.24) is 0 Å². The van der Waals surface area contributed by atoms with Gasteiger partial charge in [-0.25, -0.2) is 0 Å². The summed E-state index contributed by atoms with van der Waals surface area (Å²) in [5, 5.41) is 7.96. The van der Waals surface area contributed by atoms with Crippen LogP contribution in [-0.2, 0) is 0 Å². The van der Waals surface area contributed by atoms with Gasteiger partial charge in [0, 0.05) is 15.6 Å². The van der Waals surface area contributed by atoms with E-state index >= 15 is 0 Å². The third kappa shape index (κ3) is 3.96. The van der Waals surface area contributed by atoms with Gasteiger partial charge in [0.05, 0.1) is 6.21 Å². The predicted molar refractivity (Wildman–Crippen MR) is 96.6 cm³/mol. The van der Waals surface area contributed by atoms with Crippen molar-refractivity contribution in [3.63, 3.8) is 0 Å². The molecule has 0 aliphatic heterocycles. The fourth-order valence-electron chi connectivity index (χ4n) is 2.01. The highest BCUT2D eigenvalue weighted by Crippen LogP contribution is 2.23. The standard InChI is InChI=1S/C18H14BrN3O/c19-15-8-6-13(7-9-15)17-11-10-16(23-17)12-21-22-18(20)14-4-2-1-3-5-14/h1-12H,(H2,20,22)/b21-12+. The first-order valence-corrected chi connectivity index (χ1v) is 7.79. The summed E-state index contributed by atoms with van der Waals surface area (Å²) in [5.74, 6) is 1.76. The van der Waals surface area contributed by atoms with E-state index in [2.05, 4.69) is 26.1 Å². The number of hydrogen-bond donors (Lipinski definition) is 1. The number of hydrogen-bond acceptors (Lipinski definition) is 3. The zero-order valence-corrected chi connectivity index (χ0v) is 13.8. The molecule has 1 aromatic heterocycles. The fraction of sp³-hybridized carbons (Fsp3) is 0. The summed E-state index contributed by atoms with van der Waals surface area (Å²) in [6, 6.07) is 21.1. The number of rotatable bonds is 4. The van der Waals surface area contributed by atoms with E-state index in [1.165, 1.54) is 6.21 Å². The van der Waals surface area contributed by atoms with Crippen LogP contribution in [0.5, 0.6) is 0 Å². The summed E-state index contributed by atoms with van der Waals surface area (Å²) < 4.78 is 6.75. The van der Waals surface area contributed by atoms with Gasteiger partial charge in [-0.2, -0.15) is 5.10 Å². The first kappa shape index (κ1) is 15.2. The molecule has 0 bridgehead atoms. The van der Waals surface area contributed by atoms with Crippen LogP contribution in [0.1, 0.15) is 11.3 Å². The third-order valence-electron chi connectivity index (χ3n) is 3.18. The van der Waals surface area contributed by atoms with Crippen LogP contribution in [-0.4, -0.2) is 12.1 Å². The van der Waals surface area contributed by atoms with Gasteiger partial charge < -0.3 is 10.2 Å². The van der Waals surface area contributed by atoms with Gasteiger partial charge in [0.25, 0.3) is 0 Å². The molecule has 0 aliphatic rings. The molecule has 4 nitrogen and oxygen atoms in total. The van der Waals surface area contributed by atoms with Crippen molar-refractivity contribution in [2.24, 2.45) is 15.9 Å². The summed E-state index contributed by atoms with van der Waals surface area (Å²) in [6.07, 6.45) is 1.54. The molecule has 114 valence electrons. The highest BCUT2D eigenvalue weighted by atomic mass is 79.9. The second-order valence-electron chi connectivity index (χ2n) is 4.80. The normalized spacial score (nSPS) is 12.0. The Morgan fingerprint density at radius 1 is 0.957 bits per heavy atom. The van der Waals surface area contributed by atoms with E-state index in [-0.39, 0.29) is 0 Å². The molecule has 1 heterocycles. The van der Waals surface area contributed by atoms with Gasteiger partial charge in [-0.3, -0.25) is 0 Å². The van der Waals surface area contributed by atoms with Crippen molar-refractivity contribution in [1.29, 1.82) is 0 Å². The Bertz CT molecular complexity index is 836. The first-order valence-electron chi connectivity index (χ1n) is 7.00. The second-order valence-corrected chi connectivity index (χ2v) is 5.72. The zero-order valence-electron chi connectivity index (χ0n) is 12.2. The number of benzene rings is 2. The molecular formula is C18H14BrN3O. The monoisotopic (exact) mass is 367 g/mol. The number of amidine groups is 1. The van der Waals surface area contributed by atoms with Crippen LogP contribution in [0.15, 0.2) is 85.8 Å². The Hall–Kier alpha value is -2.66. The highest BCUT2D eigenvalue weighted by Gasteiger charge is 2.03. The summed E-state index contributed by atoms with van der Waals surface area (Å²) in [5.41, 5.74) is 7.70. The molecule has 0 aliphatic carbocycles. The van der Waals surface area contributed by atoms with Gasteiger partial charge in [0.1, 0.15) is 11.5 Å². The fourth-order valence-corrected chi connectivity index (χ4v) is 2.27. The molecule has 0 atom stereocenters. The van der Waals surface area contributed by atoms with Crippen molar-refractivity contribution in [3.05, 3.63) is 82.5 Å². The van der Waals surface area contributed by atoms with Crippen molar-refractivity contribution in [2.75, 3.05) is 0 Å². The Morgan fingerprint density at radius 2 is 1.70 bits per heavy atom. The van der Waals surface area contributed by atoms with E-state index in [0.717, 1.165) is 21.4 Å². The van der Waals surface area contributed by atoms with E-state index < -0.39 is 0 Å². The number of nitrogens with zero attached hydrogens (tertiary/aromatic N) is 2. The van der Waals surface area contributed by atoms with Crippen molar-refractivity contribution >= 4 is 28.0 Å². The Morgan fingerprint density at radius 3 is 2.43 bits per heavy atom. The maximum atomic E-state index is 5.87. The Labute approximate surface area is 142 Å². The largest absolute Gasteiger partial charge is 0.455 e. The Balaban J connectivity index is 1.73. The summed E-state index contributed by atoms with van der Waals surface area (Å²) in [4.78, 5) is 0. The minimum absolute atomic E-state index is 0.363. The number of nitrogens with two attached hydrogens (primary N) is 1. The molecular weight excluding hydrogens is 354 g/mol. The third-order valence-corrected chi connectivity index (χ3v) is 3.70. The van der Waals surface area contributed by atoms with Gasteiger partial charge in [-0.05, 0) is 24.3 Å². The topological polar surface area (TPSA) is 63.9 Å². The lowest BCUT2D eigenvalue weighted by Crippen LogP contribution is -2.12. The van der Waals surface area contributed by atoms with E-state index in [1.807, 2.05) is 66.7 Å². The Kier molecular flexibility index (Phi) is 4.68. The average Bonchev–Trinajstić information content (AvgIpc) is 3.05. The van der Waals surface area contributed by atoms with Gasteiger partial charge in [-0.1, -0.05) is 58.4 Å². The smallest absolute Gasteiger partial charge is 0.153 e. The van der Waals surface area contributed by atoms with E-state index in [0.29, 0.717) is 11.6 Å². The van der Waals surface area contributed by atoms with Crippen molar-refractivity contribution in [2.45, 2.75) is 0 Å². The molecule has 0 unspecified atom stereocenters. The molecule has 3 rings (SSSR count). The van der Waals surface area contributed by atoms with Crippen molar-refractivity contribution < 1.29 is 4.42 Å². The lowest BCUT2D eigenvalue weighted by atomic mass is 10.2. The quantitative estimate of drug-likeness (QED) is 0.420. The van der Waals surface area contributed by atoms with Crippen LogP contribution in [0.2, 0.25) is 0 Å². The van der Waals surface area contributed by atoms with Gasteiger partial charge in [0.2, 0.25) is 0 Å². The number of halogens is 1. The van der Waals surface area contributed by atoms with Crippen LogP contribution in [0.3, 0.4) is 0 Å². The van der Waals surface area contributed by atoms with E-state index in [9.17, 15) is 0 Å².